The van der Waals surface area contributed by atoms with E-state index in [1.807, 2.05) is 6.08 Å². The van der Waals surface area contributed by atoms with Crippen LogP contribution in [0.5, 0.6) is 0 Å². The van der Waals surface area contributed by atoms with Crippen LogP contribution in [0.15, 0.2) is 28.8 Å². The van der Waals surface area contributed by atoms with Gasteiger partial charge in [0.1, 0.15) is 0 Å². The summed E-state index contributed by atoms with van der Waals surface area (Å²) in [7, 11) is 1.77. The summed E-state index contributed by atoms with van der Waals surface area (Å²) < 4.78 is 0. The molecule has 0 unspecified atom stereocenters. The topological polar surface area (TPSA) is 12.4 Å². The monoisotopic (exact) mass is 137 g/mol. The third-order valence-corrected chi connectivity index (χ3v) is 1.12. The molecular weight excluding hydrogens is 122 g/mol. The summed E-state index contributed by atoms with van der Waals surface area (Å²) in [5, 5.41) is 0. The van der Waals surface area contributed by atoms with E-state index in [2.05, 4.69) is 31.0 Å². The largest absolute Gasteiger partial charge is 0.297 e. The normalized spacial score (nSPS) is 13.7. The molecule has 1 nitrogen and oxygen atoms in total. The predicted octanol–water partition coefficient (Wildman–Crippen LogP) is 2.60. The van der Waals surface area contributed by atoms with E-state index in [-0.39, 0.29) is 0 Å². The lowest BCUT2D eigenvalue weighted by molar-refractivity contribution is 1.20. The first-order valence-electron chi connectivity index (χ1n) is 3.56. The first-order valence-corrected chi connectivity index (χ1v) is 3.56. The average molecular weight is 137 g/mol. The van der Waals surface area contributed by atoms with E-state index in [0.717, 1.165) is 6.42 Å². The van der Waals surface area contributed by atoms with Crippen molar-refractivity contribution in [2.45, 2.75) is 20.3 Å². The van der Waals surface area contributed by atoms with Gasteiger partial charge in [-0.15, -0.1) is 0 Å². The molecule has 0 aromatic heterocycles. The fourth-order valence-electron chi connectivity index (χ4n) is 0.671. The van der Waals surface area contributed by atoms with Gasteiger partial charge in [0.2, 0.25) is 0 Å². The third kappa shape index (κ3) is 5.29. The Kier molecular flexibility index (Phi) is 5.74. The fraction of sp³-hybridized carbons (Fsp3) is 0.444. The van der Waals surface area contributed by atoms with E-state index < -0.39 is 0 Å². The number of hydrogen-bond donors (Lipinski definition) is 0. The maximum absolute atomic E-state index is 3.83. The van der Waals surface area contributed by atoms with Crippen LogP contribution in [0.4, 0.5) is 0 Å². The van der Waals surface area contributed by atoms with Crippen molar-refractivity contribution in [2.75, 3.05) is 7.05 Å². The Morgan fingerprint density at radius 1 is 1.50 bits per heavy atom. The van der Waals surface area contributed by atoms with Gasteiger partial charge in [-0.3, -0.25) is 4.99 Å². The summed E-state index contributed by atoms with van der Waals surface area (Å²) in [5.41, 5.74) is 1.29. The van der Waals surface area contributed by atoms with Crippen molar-refractivity contribution in [1.29, 1.82) is 0 Å². The Bertz CT molecular complexity index is 152. The van der Waals surface area contributed by atoms with Gasteiger partial charge in [0.25, 0.3) is 0 Å². The standard InChI is InChI=1S/C9H15N/c1-4-6-9(2)7-5-8-10-3/h5-8H,4H2,1-3H3/b7-5-,9-6-,10-8?. The zero-order chi connectivity index (χ0) is 7.82. The van der Waals surface area contributed by atoms with E-state index in [1.165, 1.54) is 5.57 Å². The molecule has 0 aliphatic carbocycles. The molecule has 1 heteroatoms. The van der Waals surface area contributed by atoms with Gasteiger partial charge in [-0.25, -0.2) is 0 Å². The summed E-state index contributed by atoms with van der Waals surface area (Å²) in [5.74, 6) is 0. The average Bonchev–Trinajstić information content (AvgIpc) is 1.89. The van der Waals surface area contributed by atoms with Crippen molar-refractivity contribution in [2.24, 2.45) is 4.99 Å². The summed E-state index contributed by atoms with van der Waals surface area (Å²) in [6.07, 6.45) is 9.06. The van der Waals surface area contributed by atoms with Gasteiger partial charge >= 0.3 is 0 Å². The highest BCUT2D eigenvalue weighted by molar-refractivity contribution is 5.71. The summed E-state index contributed by atoms with van der Waals surface area (Å²) in [4.78, 5) is 3.83. The van der Waals surface area contributed by atoms with Gasteiger partial charge in [-0.1, -0.05) is 24.6 Å². The Morgan fingerprint density at radius 2 is 2.20 bits per heavy atom. The van der Waals surface area contributed by atoms with E-state index in [9.17, 15) is 0 Å². The molecule has 56 valence electrons. The number of allylic oxidation sites excluding steroid dienone is 4. The van der Waals surface area contributed by atoms with Gasteiger partial charge in [0.05, 0.1) is 0 Å². The molecule has 0 N–H and O–H groups in total. The summed E-state index contributed by atoms with van der Waals surface area (Å²) >= 11 is 0. The van der Waals surface area contributed by atoms with E-state index >= 15 is 0 Å². The summed E-state index contributed by atoms with van der Waals surface area (Å²) in [6.45, 7) is 4.22. The van der Waals surface area contributed by atoms with Crippen molar-refractivity contribution in [3.05, 3.63) is 23.8 Å². The summed E-state index contributed by atoms with van der Waals surface area (Å²) in [6, 6.07) is 0. The predicted molar refractivity (Wildman–Crippen MR) is 47.6 cm³/mol. The minimum Gasteiger partial charge on any atom is -0.297 e. The van der Waals surface area contributed by atoms with Crippen LogP contribution in [0.25, 0.3) is 0 Å². The van der Waals surface area contributed by atoms with E-state index in [0.29, 0.717) is 0 Å². The Morgan fingerprint density at radius 3 is 2.70 bits per heavy atom. The van der Waals surface area contributed by atoms with E-state index in [1.54, 1.807) is 13.3 Å². The lowest BCUT2D eigenvalue weighted by atomic mass is 10.2. The highest BCUT2D eigenvalue weighted by Crippen LogP contribution is 1.95. The van der Waals surface area contributed by atoms with Crippen LogP contribution < -0.4 is 0 Å². The molecule has 10 heavy (non-hydrogen) atoms. The van der Waals surface area contributed by atoms with Crippen LogP contribution in [0.2, 0.25) is 0 Å². The number of rotatable bonds is 3. The second kappa shape index (κ2) is 6.27. The number of aliphatic imine (C=N–C) groups is 1. The Hall–Kier alpha value is -0.850. The molecule has 0 bridgehead atoms. The van der Waals surface area contributed by atoms with Crippen LogP contribution in [0, 0.1) is 0 Å². The van der Waals surface area contributed by atoms with Crippen molar-refractivity contribution < 1.29 is 0 Å². The number of hydrogen-bond acceptors (Lipinski definition) is 1. The fourth-order valence-corrected chi connectivity index (χ4v) is 0.671. The van der Waals surface area contributed by atoms with Gasteiger partial charge in [0.15, 0.2) is 0 Å². The molecule has 0 spiro atoms. The molecular formula is C9H15N. The Labute approximate surface area is 63.2 Å². The van der Waals surface area contributed by atoms with Gasteiger partial charge < -0.3 is 0 Å². The van der Waals surface area contributed by atoms with Crippen LogP contribution in [0.1, 0.15) is 20.3 Å². The lowest BCUT2D eigenvalue weighted by Crippen LogP contribution is -1.68. The van der Waals surface area contributed by atoms with Crippen LogP contribution in [0.3, 0.4) is 0 Å². The Balaban J connectivity index is 3.76. The van der Waals surface area contributed by atoms with E-state index in [4.69, 9.17) is 0 Å². The molecule has 0 fully saturated rings. The third-order valence-electron chi connectivity index (χ3n) is 1.12. The van der Waals surface area contributed by atoms with Crippen LogP contribution in [-0.2, 0) is 0 Å². The molecule has 0 radical (unpaired) electrons. The molecule has 0 aromatic carbocycles. The molecule has 0 aromatic rings. The zero-order valence-corrected chi connectivity index (χ0v) is 6.96. The van der Waals surface area contributed by atoms with Gasteiger partial charge in [0, 0.05) is 13.3 Å². The molecule has 0 rings (SSSR count). The second-order valence-electron chi connectivity index (χ2n) is 2.12. The number of nitrogens with zero attached hydrogens (tertiary/aromatic N) is 1. The van der Waals surface area contributed by atoms with Crippen molar-refractivity contribution in [3.8, 4) is 0 Å². The van der Waals surface area contributed by atoms with Crippen LogP contribution in [-0.4, -0.2) is 13.3 Å². The van der Waals surface area contributed by atoms with Gasteiger partial charge in [-0.2, -0.15) is 0 Å². The molecule has 0 saturated carbocycles. The first-order chi connectivity index (χ1) is 4.81. The molecule has 0 saturated heterocycles. The van der Waals surface area contributed by atoms with Crippen molar-refractivity contribution in [3.63, 3.8) is 0 Å². The highest BCUT2D eigenvalue weighted by Gasteiger charge is 1.75. The second-order valence-corrected chi connectivity index (χ2v) is 2.12. The quantitative estimate of drug-likeness (QED) is 0.419. The van der Waals surface area contributed by atoms with Gasteiger partial charge in [-0.05, 0) is 19.4 Å². The van der Waals surface area contributed by atoms with Crippen molar-refractivity contribution in [1.82, 2.24) is 0 Å². The van der Waals surface area contributed by atoms with Crippen molar-refractivity contribution >= 4 is 6.21 Å². The molecule has 0 aliphatic rings. The molecule has 0 amide bonds. The maximum Gasteiger partial charge on any atom is 0.0277 e. The maximum atomic E-state index is 3.83. The molecule has 0 aliphatic heterocycles. The molecule has 0 atom stereocenters. The zero-order valence-electron chi connectivity index (χ0n) is 6.96. The lowest BCUT2D eigenvalue weighted by Gasteiger charge is -1.86. The smallest absolute Gasteiger partial charge is 0.0277 e. The minimum atomic E-state index is 1.10. The first kappa shape index (κ1) is 9.15. The van der Waals surface area contributed by atoms with Crippen LogP contribution >= 0.6 is 0 Å². The minimum absolute atomic E-state index is 1.10. The molecule has 0 heterocycles. The SMILES string of the molecule is CC/C=C(C)\C=C/C=NC. The highest BCUT2D eigenvalue weighted by atomic mass is 14.6.